The number of nitriles is 1. The van der Waals surface area contributed by atoms with Crippen molar-refractivity contribution in [3.63, 3.8) is 0 Å². The summed E-state index contributed by atoms with van der Waals surface area (Å²) in [7, 11) is 0. The number of carbonyl (C=O) groups excluding carboxylic acids is 1. The zero-order valence-corrected chi connectivity index (χ0v) is 11.8. The maximum atomic E-state index is 12.1. The van der Waals surface area contributed by atoms with E-state index in [1.54, 1.807) is 24.3 Å². The van der Waals surface area contributed by atoms with E-state index in [2.05, 4.69) is 0 Å². The lowest BCUT2D eigenvalue weighted by atomic mass is 9.95. The van der Waals surface area contributed by atoms with E-state index in [1.807, 2.05) is 19.9 Å². The highest BCUT2D eigenvalue weighted by molar-refractivity contribution is 5.83. The van der Waals surface area contributed by atoms with Crippen LogP contribution >= 0.6 is 0 Å². The van der Waals surface area contributed by atoms with E-state index < -0.39 is 18.1 Å². The van der Waals surface area contributed by atoms with Gasteiger partial charge in [-0.25, -0.2) is 4.79 Å². The smallest absolute Gasteiger partial charge is 0.335 e. The lowest BCUT2D eigenvalue weighted by Gasteiger charge is -2.41. The third-order valence-corrected chi connectivity index (χ3v) is 3.42. The van der Waals surface area contributed by atoms with Gasteiger partial charge in [-0.3, -0.25) is 4.79 Å². The number of nitrogens with zero attached hydrogens (tertiary/aromatic N) is 2. The summed E-state index contributed by atoms with van der Waals surface area (Å²) in [4.78, 5) is 25.0. The van der Waals surface area contributed by atoms with E-state index in [9.17, 15) is 14.7 Å². The second kappa shape index (κ2) is 5.94. The number of ether oxygens (including phenoxy) is 1. The summed E-state index contributed by atoms with van der Waals surface area (Å²) in [6, 6.07) is 7.71. The molecule has 1 N–H and O–H groups in total. The molecule has 6 nitrogen and oxygen atoms in total. The van der Waals surface area contributed by atoms with Crippen LogP contribution in [-0.2, 0) is 14.3 Å². The Labute approximate surface area is 122 Å². The summed E-state index contributed by atoms with van der Waals surface area (Å²) in [6.07, 6.45) is -1.14. The molecule has 0 bridgehead atoms. The normalized spacial score (nSPS) is 22.2. The van der Waals surface area contributed by atoms with Gasteiger partial charge in [-0.1, -0.05) is 12.1 Å². The van der Waals surface area contributed by atoms with Gasteiger partial charge in [0.15, 0.2) is 6.10 Å². The minimum atomic E-state index is -1.14. The second-order valence-corrected chi connectivity index (χ2v) is 5.15. The van der Waals surface area contributed by atoms with Crippen molar-refractivity contribution < 1.29 is 19.4 Å². The van der Waals surface area contributed by atoms with Crippen molar-refractivity contribution in [3.05, 3.63) is 35.4 Å². The molecule has 0 aliphatic carbocycles. The highest BCUT2D eigenvalue weighted by Gasteiger charge is 2.42. The van der Waals surface area contributed by atoms with Crippen molar-refractivity contribution in [2.45, 2.75) is 32.0 Å². The van der Waals surface area contributed by atoms with Gasteiger partial charge >= 0.3 is 5.97 Å². The summed E-state index contributed by atoms with van der Waals surface area (Å²) in [5, 5.41) is 18.3. The Balaban J connectivity index is 2.51. The summed E-state index contributed by atoms with van der Waals surface area (Å²) < 4.78 is 5.20. The molecule has 1 aliphatic rings. The molecular weight excluding hydrogens is 272 g/mol. The van der Waals surface area contributed by atoms with Crippen LogP contribution in [0.25, 0.3) is 0 Å². The molecule has 21 heavy (non-hydrogen) atoms. The number of carboxylic acid groups (broad SMARTS) is 1. The number of rotatable bonds is 3. The molecule has 1 fully saturated rings. The van der Waals surface area contributed by atoms with Crippen LogP contribution in [0.1, 0.15) is 31.0 Å². The first-order valence-corrected chi connectivity index (χ1v) is 6.61. The van der Waals surface area contributed by atoms with E-state index >= 15 is 0 Å². The Morgan fingerprint density at radius 3 is 2.81 bits per heavy atom. The van der Waals surface area contributed by atoms with Crippen molar-refractivity contribution in [2.75, 3.05) is 6.61 Å². The van der Waals surface area contributed by atoms with Crippen LogP contribution in [-0.4, -0.2) is 40.6 Å². The number of hydrogen-bond donors (Lipinski definition) is 1. The van der Waals surface area contributed by atoms with Crippen molar-refractivity contribution in [2.24, 2.45) is 0 Å². The van der Waals surface area contributed by atoms with Crippen LogP contribution in [0.4, 0.5) is 0 Å². The van der Waals surface area contributed by atoms with Gasteiger partial charge in [-0.2, -0.15) is 5.26 Å². The lowest BCUT2D eigenvalue weighted by molar-refractivity contribution is -0.175. The Hall–Kier alpha value is -2.39. The number of amides is 1. The van der Waals surface area contributed by atoms with E-state index in [-0.39, 0.29) is 18.6 Å². The van der Waals surface area contributed by atoms with Crippen LogP contribution in [0, 0.1) is 11.3 Å². The summed E-state index contributed by atoms with van der Waals surface area (Å²) in [5.41, 5.74) is 1.00. The number of hydrogen-bond acceptors (Lipinski definition) is 4. The number of carbonyl (C=O) groups is 2. The molecule has 2 rings (SSSR count). The number of benzene rings is 1. The molecular formula is C15H16N2O4. The third-order valence-electron chi connectivity index (χ3n) is 3.42. The van der Waals surface area contributed by atoms with Gasteiger partial charge in [0.25, 0.3) is 0 Å². The molecule has 6 heteroatoms. The fourth-order valence-electron chi connectivity index (χ4n) is 2.57. The predicted octanol–water partition coefficient (Wildman–Crippen LogP) is 1.32. The monoisotopic (exact) mass is 288 g/mol. The SMILES string of the molecule is CC(C)N1C(=O)COC(C(=O)O)C1c1cccc(C#N)c1. The first-order chi connectivity index (χ1) is 9.95. The highest BCUT2D eigenvalue weighted by atomic mass is 16.5. The molecule has 0 saturated carbocycles. The van der Waals surface area contributed by atoms with Gasteiger partial charge < -0.3 is 14.7 Å². The topological polar surface area (TPSA) is 90.6 Å². The zero-order chi connectivity index (χ0) is 15.6. The maximum absolute atomic E-state index is 12.1. The van der Waals surface area contributed by atoms with E-state index in [4.69, 9.17) is 10.00 Å². The number of carboxylic acids is 1. The quantitative estimate of drug-likeness (QED) is 0.905. The molecule has 0 spiro atoms. The van der Waals surface area contributed by atoms with Gasteiger partial charge in [0, 0.05) is 6.04 Å². The van der Waals surface area contributed by atoms with Crippen LogP contribution in [0.5, 0.6) is 0 Å². The Morgan fingerprint density at radius 1 is 1.52 bits per heavy atom. The molecule has 0 aromatic heterocycles. The zero-order valence-electron chi connectivity index (χ0n) is 11.8. The fourth-order valence-corrected chi connectivity index (χ4v) is 2.57. The largest absolute Gasteiger partial charge is 0.479 e. The van der Waals surface area contributed by atoms with E-state index in [1.165, 1.54) is 4.90 Å². The van der Waals surface area contributed by atoms with Crippen molar-refractivity contribution in [3.8, 4) is 6.07 Å². The first kappa shape index (κ1) is 15.0. The van der Waals surface area contributed by atoms with Crippen LogP contribution in [0.3, 0.4) is 0 Å². The Kier molecular flexibility index (Phi) is 4.24. The molecule has 1 heterocycles. The molecule has 1 aromatic carbocycles. The van der Waals surface area contributed by atoms with Gasteiger partial charge in [0.1, 0.15) is 6.61 Å². The van der Waals surface area contributed by atoms with Gasteiger partial charge in [0.05, 0.1) is 17.7 Å². The maximum Gasteiger partial charge on any atom is 0.335 e. The van der Waals surface area contributed by atoms with Crippen molar-refractivity contribution in [1.29, 1.82) is 5.26 Å². The van der Waals surface area contributed by atoms with E-state index in [0.717, 1.165) is 0 Å². The second-order valence-electron chi connectivity index (χ2n) is 5.15. The number of aliphatic carboxylic acids is 1. The van der Waals surface area contributed by atoms with Crippen molar-refractivity contribution >= 4 is 11.9 Å². The third kappa shape index (κ3) is 2.88. The first-order valence-electron chi connectivity index (χ1n) is 6.61. The van der Waals surface area contributed by atoms with Crippen LogP contribution in [0.2, 0.25) is 0 Å². The molecule has 1 amide bonds. The standard InChI is InChI=1S/C15H16N2O4/c1-9(2)17-12(18)8-21-14(15(19)20)13(17)11-5-3-4-10(6-11)7-16/h3-6,9,13-14H,8H2,1-2H3,(H,19,20). The molecule has 2 atom stereocenters. The van der Waals surface area contributed by atoms with E-state index in [0.29, 0.717) is 11.1 Å². The van der Waals surface area contributed by atoms with Crippen LogP contribution in [0.15, 0.2) is 24.3 Å². The molecule has 0 radical (unpaired) electrons. The summed E-state index contributed by atoms with van der Waals surface area (Å²) >= 11 is 0. The predicted molar refractivity (Wildman–Crippen MR) is 73.3 cm³/mol. The minimum absolute atomic E-state index is 0.168. The van der Waals surface area contributed by atoms with Crippen molar-refractivity contribution in [1.82, 2.24) is 4.90 Å². The van der Waals surface area contributed by atoms with Crippen LogP contribution < -0.4 is 0 Å². The van der Waals surface area contributed by atoms with Gasteiger partial charge in [-0.15, -0.1) is 0 Å². The average Bonchev–Trinajstić information content (AvgIpc) is 2.46. The Bertz CT molecular complexity index is 606. The molecule has 1 aromatic rings. The minimum Gasteiger partial charge on any atom is -0.479 e. The molecule has 110 valence electrons. The number of morpholine rings is 1. The molecule has 2 unspecified atom stereocenters. The average molecular weight is 288 g/mol. The summed E-state index contributed by atoms with van der Waals surface area (Å²) in [5.74, 6) is -1.38. The molecule has 1 aliphatic heterocycles. The fraction of sp³-hybridized carbons (Fsp3) is 0.400. The lowest BCUT2D eigenvalue weighted by Crippen LogP contribution is -2.54. The summed E-state index contributed by atoms with van der Waals surface area (Å²) in [6.45, 7) is 3.40. The Morgan fingerprint density at radius 2 is 2.24 bits per heavy atom. The van der Waals surface area contributed by atoms with Gasteiger partial charge in [0.2, 0.25) is 5.91 Å². The highest BCUT2D eigenvalue weighted by Crippen LogP contribution is 2.32. The molecule has 1 saturated heterocycles. The van der Waals surface area contributed by atoms with Gasteiger partial charge in [-0.05, 0) is 31.5 Å².